The molecule has 5 heteroatoms. The molecule has 1 aromatic carbocycles. The number of anilines is 2. The van der Waals surface area contributed by atoms with Crippen LogP contribution in [0.3, 0.4) is 0 Å². The Balaban J connectivity index is 1.65. The number of hydrogen-bond acceptors (Lipinski definition) is 4. The lowest BCUT2D eigenvalue weighted by Crippen LogP contribution is -2.32. The van der Waals surface area contributed by atoms with Gasteiger partial charge in [-0.25, -0.2) is 9.97 Å². The van der Waals surface area contributed by atoms with E-state index < -0.39 is 0 Å². The van der Waals surface area contributed by atoms with Gasteiger partial charge in [-0.05, 0) is 49.9 Å². The summed E-state index contributed by atoms with van der Waals surface area (Å²) in [4.78, 5) is 20.6. The van der Waals surface area contributed by atoms with E-state index in [1.54, 1.807) is 12.4 Å². The third-order valence-corrected chi connectivity index (χ3v) is 4.08. The van der Waals surface area contributed by atoms with Crippen molar-refractivity contribution >= 4 is 17.5 Å². The van der Waals surface area contributed by atoms with Gasteiger partial charge in [0.25, 0.3) is 5.91 Å². The number of aryl methyl sites for hydroxylation is 2. The van der Waals surface area contributed by atoms with Crippen molar-refractivity contribution in [2.45, 2.75) is 45.6 Å². The number of aromatic nitrogens is 2. The Labute approximate surface area is 136 Å². The lowest BCUT2D eigenvalue weighted by Gasteiger charge is -2.12. The SMILES string of the molecule is Cc1cc(C)cc(Nc2ncc(C(=O)NC3CCCC3)cn2)c1. The Hall–Kier alpha value is -2.43. The van der Waals surface area contributed by atoms with Crippen LogP contribution in [0.15, 0.2) is 30.6 Å². The van der Waals surface area contributed by atoms with Crippen LogP contribution in [0.25, 0.3) is 0 Å². The second-order valence-electron chi connectivity index (χ2n) is 6.25. The van der Waals surface area contributed by atoms with Gasteiger partial charge in [-0.1, -0.05) is 18.9 Å². The van der Waals surface area contributed by atoms with Gasteiger partial charge in [0.1, 0.15) is 0 Å². The van der Waals surface area contributed by atoms with Crippen LogP contribution in [0, 0.1) is 13.8 Å². The highest BCUT2D eigenvalue weighted by molar-refractivity contribution is 5.93. The second kappa shape index (κ2) is 6.77. The summed E-state index contributed by atoms with van der Waals surface area (Å²) < 4.78 is 0. The number of rotatable bonds is 4. The number of carbonyl (C=O) groups excluding carboxylic acids is 1. The normalized spacial score (nSPS) is 14.7. The zero-order chi connectivity index (χ0) is 16.2. The first-order valence-electron chi connectivity index (χ1n) is 8.08. The fourth-order valence-electron chi connectivity index (χ4n) is 3.02. The molecular formula is C18H22N4O. The summed E-state index contributed by atoms with van der Waals surface area (Å²) in [5, 5.41) is 6.21. The van der Waals surface area contributed by atoms with Gasteiger partial charge in [0.15, 0.2) is 0 Å². The van der Waals surface area contributed by atoms with E-state index in [0.29, 0.717) is 17.6 Å². The van der Waals surface area contributed by atoms with E-state index in [1.807, 2.05) is 12.1 Å². The first kappa shape index (κ1) is 15.5. The highest BCUT2D eigenvalue weighted by Crippen LogP contribution is 2.19. The molecule has 0 aliphatic heterocycles. The molecule has 2 N–H and O–H groups in total. The molecule has 0 spiro atoms. The van der Waals surface area contributed by atoms with Gasteiger partial charge < -0.3 is 10.6 Å². The molecule has 2 aromatic rings. The van der Waals surface area contributed by atoms with Crippen LogP contribution in [-0.4, -0.2) is 21.9 Å². The lowest BCUT2D eigenvalue weighted by atomic mass is 10.1. The quantitative estimate of drug-likeness (QED) is 0.907. The van der Waals surface area contributed by atoms with Crippen LogP contribution in [-0.2, 0) is 0 Å². The molecule has 1 saturated carbocycles. The molecule has 3 rings (SSSR count). The molecule has 0 bridgehead atoms. The fourth-order valence-corrected chi connectivity index (χ4v) is 3.02. The Morgan fingerprint density at radius 2 is 1.65 bits per heavy atom. The molecule has 5 nitrogen and oxygen atoms in total. The first-order valence-corrected chi connectivity index (χ1v) is 8.08. The van der Waals surface area contributed by atoms with E-state index in [4.69, 9.17) is 0 Å². The number of benzene rings is 1. The molecule has 1 aliphatic carbocycles. The van der Waals surface area contributed by atoms with Crippen molar-refractivity contribution < 1.29 is 4.79 Å². The Morgan fingerprint density at radius 3 is 2.26 bits per heavy atom. The molecule has 1 aliphatic rings. The van der Waals surface area contributed by atoms with Gasteiger partial charge in [-0.15, -0.1) is 0 Å². The maximum Gasteiger partial charge on any atom is 0.254 e. The van der Waals surface area contributed by atoms with E-state index in [9.17, 15) is 4.79 Å². The molecule has 1 amide bonds. The topological polar surface area (TPSA) is 66.9 Å². The number of carbonyl (C=O) groups is 1. The van der Waals surface area contributed by atoms with Crippen molar-refractivity contribution in [2.24, 2.45) is 0 Å². The van der Waals surface area contributed by atoms with Crippen molar-refractivity contribution in [3.05, 3.63) is 47.3 Å². The number of nitrogens with zero attached hydrogens (tertiary/aromatic N) is 2. The third kappa shape index (κ3) is 4.06. The molecular weight excluding hydrogens is 288 g/mol. The maximum absolute atomic E-state index is 12.1. The van der Waals surface area contributed by atoms with Gasteiger partial charge in [0, 0.05) is 24.1 Å². The van der Waals surface area contributed by atoms with E-state index in [-0.39, 0.29) is 5.91 Å². The van der Waals surface area contributed by atoms with Crippen LogP contribution in [0.5, 0.6) is 0 Å². The summed E-state index contributed by atoms with van der Waals surface area (Å²) >= 11 is 0. The highest BCUT2D eigenvalue weighted by Gasteiger charge is 2.18. The average molecular weight is 310 g/mol. The Morgan fingerprint density at radius 1 is 1.04 bits per heavy atom. The van der Waals surface area contributed by atoms with Gasteiger partial charge in [0.05, 0.1) is 5.56 Å². The number of hydrogen-bond donors (Lipinski definition) is 2. The Kier molecular flexibility index (Phi) is 4.55. The minimum absolute atomic E-state index is 0.0881. The lowest BCUT2D eigenvalue weighted by molar-refractivity contribution is 0.0937. The highest BCUT2D eigenvalue weighted by atomic mass is 16.1. The summed E-state index contributed by atoms with van der Waals surface area (Å²) in [6.45, 7) is 4.10. The van der Waals surface area contributed by atoms with Crippen LogP contribution >= 0.6 is 0 Å². The third-order valence-electron chi connectivity index (χ3n) is 4.08. The minimum atomic E-state index is -0.0881. The minimum Gasteiger partial charge on any atom is -0.349 e. The zero-order valence-corrected chi connectivity index (χ0v) is 13.6. The van der Waals surface area contributed by atoms with Crippen molar-refractivity contribution in [3.63, 3.8) is 0 Å². The molecule has 0 unspecified atom stereocenters. The van der Waals surface area contributed by atoms with Crippen molar-refractivity contribution in [2.75, 3.05) is 5.32 Å². The fraction of sp³-hybridized carbons (Fsp3) is 0.389. The van der Waals surface area contributed by atoms with E-state index in [2.05, 4.69) is 40.5 Å². The number of amides is 1. The van der Waals surface area contributed by atoms with Crippen molar-refractivity contribution in [3.8, 4) is 0 Å². The second-order valence-corrected chi connectivity index (χ2v) is 6.25. The van der Waals surface area contributed by atoms with E-state index in [0.717, 1.165) is 18.5 Å². The van der Waals surface area contributed by atoms with Gasteiger partial charge in [0.2, 0.25) is 5.95 Å². The smallest absolute Gasteiger partial charge is 0.254 e. The van der Waals surface area contributed by atoms with Crippen LogP contribution in [0.4, 0.5) is 11.6 Å². The molecule has 0 saturated heterocycles. The number of nitrogens with one attached hydrogen (secondary N) is 2. The largest absolute Gasteiger partial charge is 0.349 e. The zero-order valence-electron chi connectivity index (χ0n) is 13.6. The molecule has 1 aromatic heterocycles. The first-order chi connectivity index (χ1) is 11.1. The summed E-state index contributed by atoms with van der Waals surface area (Å²) in [6.07, 6.45) is 7.67. The summed E-state index contributed by atoms with van der Waals surface area (Å²) in [5.41, 5.74) is 3.81. The monoisotopic (exact) mass is 310 g/mol. The van der Waals surface area contributed by atoms with E-state index >= 15 is 0 Å². The summed E-state index contributed by atoms with van der Waals surface area (Å²) in [6, 6.07) is 6.49. The Bertz CT molecular complexity index is 670. The molecule has 1 heterocycles. The summed E-state index contributed by atoms with van der Waals surface area (Å²) in [5.74, 6) is 0.405. The maximum atomic E-state index is 12.1. The van der Waals surface area contributed by atoms with Gasteiger partial charge >= 0.3 is 0 Å². The summed E-state index contributed by atoms with van der Waals surface area (Å²) in [7, 11) is 0. The predicted molar refractivity (Wildman–Crippen MR) is 91.0 cm³/mol. The van der Waals surface area contributed by atoms with Crippen LogP contribution < -0.4 is 10.6 Å². The van der Waals surface area contributed by atoms with Crippen LogP contribution in [0.1, 0.15) is 47.2 Å². The van der Waals surface area contributed by atoms with Gasteiger partial charge in [-0.2, -0.15) is 0 Å². The molecule has 0 atom stereocenters. The standard InChI is InChI=1S/C18H22N4O/c1-12-7-13(2)9-16(8-12)22-18-19-10-14(11-20-18)17(23)21-15-5-3-4-6-15/h7-11,15H,3-6H2,1-2H3,(H,21,23)(H,19,20,22). The van der Waals surface area contributed by atoms with Gasteiger partial charge in [-0.3, -0.25) is 4.79 Å². The average Bonchev–Trinajstić information content (AvgIpc) is 3.00. The molecule has 1 fully saturated rings. The van der Waals surface area contributed by atoms with E-state index in [1.165, 1.54) is 24.0 Å². The van der Waals surface area contributed by atoms with Crippen molar-refractivity contribution in [1.29, 1.82) is 0 Å². The molecule has 23 heavy (non-hydrogen) atoms. The van der Waals surface area contributed by atoms with Crippen LogP contribution in [0.2, 0.25) is 0 Å². The molecule has 120 valence electrons. The molecule has 0 radical (unpaired) electrons. The predicted octanol–water partition coefficient (Wildman–Crippen LogP) is 3.51. The van der Waals surface area contributed by atoms with Crippen molar-refractivity contribution in [1.82, 2.24) is 15.3 Å².